The zero-order valence-corrected chi connectivity index (χ0v) is 22.5. The quantitative estimate of drug-likeness (QED) is 0.384. The van der Waals surface area contributed by atoms with Crippen molar-refractivity contribution >= 4 is 0 Å². The number of rotatable bonds is 0. The second-order valence-corrected chi connectivity index (χ2v) is 15.4. The van der Waals surface area contributed by atoms with E-state index in [1.165, 1.54) is 12.8 Å². The van der Waals surface area contributed by atoms with Gasteiger partial charge in [-0.2, -0.15) is 0 Å². The summed E-state index contributed by atoms with van der Waals surface area (Å²) in [5.74, 6) is 1.36. The van der Waals surface area contributed by atoms with Gasteiger partial charge in [0.25, 0.3) is 0 Å². The van der Waals surface area contributed by atoms with E-state index in [0.717, 1.165) is 38.5 Å². The van der Waals surface area contributed by atoms with Gasteiger partial charge in [-0.25, -0.2) is 0 Å². The first-order valence-electron chi connectivity index (χ1n) is 13.8. The molecule has 5 rings (SSSR count). The van der Waals surface area contributed by atoms with Gasteiger partial charge in [0.2, 0.25) is 0 Å². The minimum absolute atomic E-state index is 0.0403. The monoisotopic (exact) mass is 458 g/mol. The van der Waals surface area contributed by atoms with Crippen molar-refractivity contribution in [3.63, 3.8) is 0 Å². The topological polar surface area (TPSA) is 60.7 Å². The third kappa shape index (κ3) is 2.85. The van der Waals surface area contributed by atoms with Crippen LogP contribution >= 0.6 is 0 Å². The molecule has 0 aromatic rings. The van der Waals surface area contributed by atoms with Crippen LogP contribution in [-0.4, -0.2) is 33.6 Å². The summed E-state index contributed by atoms with van der Waals surface area (Å²) in [6, 6.07) is 0. The lowest BCUT2D eigenvalue weighted by molar-refractivity contribution is -0.225. The highest BCUT2D eigenvalue weighted by Crippen LogP contribution is 2.75. The van der Waals surface area contributed by atoms with E-state index >= 15 is 0 Å². The largest absolute Gasteiger partial charge is 0.393 e. The minimum atomic E-state index is -0.471. The van der Waals surface area contributed by atoms with E-state index in [9.17, 15) is 15.3 Å². The van der Waals surface area contributed by atoms with Crippen LogP contribution in [0.2, 0.25) is 0 Å². The van der Waals surface area contributed by atoms with Gasteiger partial charge in [0.1, 0.15) is 0 Å². The lowest BCUT2D eigenvalue weighted by Gasteiger charge is -2.72. The van der Waals surface area contributed by atoms with Crippen LogP contribution in [0.25, 0.3) is 0 Å². The Labute approximate surface area is 202 Å². The molecular formula is C30H50O3. The van der Waals surface area contributed by atoms with E-state index in [-0.39, 0.29) is 39.1 Å². The first-order chi connectivity index (χ1) is 15.0. The number of allylic oxidation sites excluding steroid dienone is 2. The molecule has 0 aromatic heterocycles. The van der Waals surface area contributed by atoms with Gasteiger partial charge in [0.05, 0.1) is 18.3 Å². The maximum atomic E-state index is 11.7. The normalized spacial score (nSPS) is 57.1. The van der Waals surface area contributed by atoms with Crippen LogP contribution in [0.3, 0.4) is 0 Å². The van der Waals surface area contributed by atoms with Gasteiger partial charge in [0, 0.05) is 5.41 Å². The van der Waals surface area contributed by atoms with Gasteiger partial charge in [-0.15, -0.1) is 0 Å². The van der Waals surface area contributed by atoms with Crippen LogP contribution in [0, 0.1) is 50.2 Å². The Balaban J connectivity index is 1.61. The van der Waals surface area contributed by atoms with Crippen molar-refractivity contribution in [3.8, 4) is 0 Å². The molecule has 0 amide bonds. The number of hydrogen-bond donors (Lipinski definition) is 3. The highest BCUT2D eigenvalue weighted by Gasteiger charge is 2.70. The van der Waals surface area contributed by atoms with Crippen LogP contribution < -0.4 is 0 Å². The van der Waals surface area contributed by atoms with Crippen molar-refractivity contribution in [1.29, 1.82) is 0 Å². The molecule has 3 nitrogen and oxygen atoms in total. The molecule has 4 saturated carbocycles. The molecule has 4 fully saturated rings. The summed E-state index contributed by atoms with van der Waals surface area (Å²) in [5, 5.41) is 33.9. The Morgan fingerprint density at radius 2 is 1.36 bits per heavy atom. The Morgan fingerprint density at radius 3 is 2.03 bits per heavy atom. The molecule has 3 heteroatoms. The van der Waals surface area contributed by atoms with E-state index in [0.29, 0.717) is 11.8 Å². The van der Waals surface area contributed by atoms with E-state index in [1.54, 1.807) is 5.57 Å². The molecule has 0 unspecified atom stereocenters. The maximum Gasteiger partial charge on any atom is 0.0632 e. The number of hydrogen-bond acceptors (Lipinski definition) is 3. The zero-order chi connectivity index (χ0) is 24.4. The summed E-state index contributed by atoms with van der Waals surface area (Å²) < 4.78 is 0. The molecule has 0 spiro atoms. The minimum Gasteiger partial charge on any atom is -0.393 e. The Hall–Kier alpha value is -0.380. The molecule has 0 saturated heterocycles. The van der Waals surface area contributed by atoms with Crippen LogP contribution in [0.4, 0.5) is 0 Å². The number of aliphatic hydroxyl groups excluding tert-OH is 3. The predicted molar refractivity (Wildman–Crippen MR) is 133 cm³/mol. The lowest BCUT2D eigenvalue weighted by Crippen LogP contribution is -2.67. The zero-order valence-electron chi connectivity index (χ0n) is 22.5. The Kier molecular flexibility index (Phi) is 5.07. The van der Waals surface area contributed by atoms with Crippen LogP contribution in [-0.2, 0) is 0 Å². The predicted octanol–water partition coefficient (Wildman–Crippen LogP) is 6.11. The summed E-state index contributed by atoms with van der Waals surface area (Å²) in [6.45, 7) is 18.9. The number of fused-ring (bicyclic) bond motifs is 7. The Bertz CT molecular complexity index is 859. The van der Waals surface area contributed by atoms with Gasteiger partial charge in [-0.3, -0.25) is 0 Å². The fourth-order valence-electron chi connectivity index (χ4n) is 10.7. The molecule has 0 radical (unpaired) electrons. The SMILES string of the molecule is CC1(C)C[C@H](O)[C@]2(C)[C@@H](O)C[C@]3(C)C(=CC[C@@H]4[C@@]5(C)CC[C@H](O)C(C)(C)[C@@H]5CC[C@]43C)[C@@H]2C1. The molecule has 5 aliphatic rings. The summed E-state index contributed by atoms with van der Waals surface area (Å²) in [5.41, 5.74) is 1.48. The number of aliphatic hydroxyl groups is 3. The molecule has 188 valence electrons. The molecule has 10 atom stereocenters. The van der Waals surface area contributed by atoms with Gasteiger partial charge < -0.3 is 15.3 Å². The molecule has 0 heterocycles. The fourth-order valence-corrected chi connectivity index (χ4v) is 10.7. The summed E-state index contributed by atoms with van der Waals surface area (Å²) >= 11 is 0. The van der Waals surface area contributed by atoms with E-state index < -0.39 is 17.6 Å². The highest BCUT2D eigenvalue weighted by molar-refractivity contribution is 5.35. The maximum absolute atomic E-state index is 11.7. The van der Waals surface area contributed by atoms with Crippen molar-refractivity contribution in [2.24, 2.45) is 50.2 Å². The molecule has 33 heavy (non-hydrogen) atoms. The summed E-state index contributed by atoms with van der Waals surface area (Å²) in [4.78, 5) is 0. The van der Waals surface area contributed by atoms with Crippen molar-refractivity contribution < 1.29 is 15.3 Å². The van der Waals surface area contributed by atoms with E-state index in [4.69, 9.17) is 0 Å². The summed E-state index contributed by atoms with van der Waals surface area (Å²) in [6.07, 6.45) is 9.52. The van der Waals surface area contributed by atoms with Crippen molar-refractivity contribution in [2.75, 3.05) is 0 Å². The van der Waals surface area contributed by atoms with Crippen molar-refractivity contribution in [2.45, 2.75) is 125 Å². The second kappa shape index (κ2) is 6.88. The Morgan fingerprint density at radius 1 is 0.727 bits per heavy atom. The molecule has 0 aromatic carbocycles. The third-order valence-electron chi connectivity index (χ3n) is 13.2. The first kappa shape index (κ1) is 24.3. The average Bonchev–Trinajstić information content (AvgIpc) is 2.68. The third-order valence-corrected chi connectivity index (χ3v) is 13.2. The standard InChI is InChI=1S/C30H50O3/c1-25(2)15-19-18-9-10-21-27(5)13-12-22(31)26(3,4)20(27)11-14-28(21,6)29(18,7)17-24(33)30(19,8)23(32)16-25/h9,19-24,31-33H,10-17H2,1-8H3/t19-,20-,21+,22-,23-,24-,27-,28+,29+,30+/m0/s1. The van der Waals surface area contributed by atoms with Crippen molar-refractivity contribution in [3.05, 3.63) is 11.6 Å². The van der Waals surface area contributed by atoms with Crippen LogP contribution in [0.15, 0.2) is 11.6 Å². The fraction of sp³-hybridized carbons (Fsp3) is 0.933. The van der Waals surface area contributed by atoms with Crippen molar-refractivity contribution in [1.82, 2.24) is 0 Å². The van der Waals surface area contributed by atoms with Crippen LogP contribution in [0.5, 0.6) is 0 Å². The average molecular weight is 459 g/mol. The molecule has 0 aliphatic heterocycles. The van der Waals surface area contributed by atoms with Gasteiger partial charge in [0.15, 0.2) is 0 Å². The highest BCUT2D eigenvalue weighted by atomic mass is 16.3. The van der Waals surface area contributed by atoms with E-state index in [1.807, 2.05) is 0 Å². The van der Waals surface area contributed by atoms with Crippen LogP contribution in [0.1, 0.15) is 107 Å². The lowest BCUT2D eigenvalue weighted by atomic mass is 9.33. The molecule has 3 N–H and O–H groups in total. The second-order valence-electron chi connectivity index (χ2n) is 15.4. The molecular weight excluding hydrogens is 408 g/mol. The molecule has 0 bridgehead atoms. The summed E-state index contributed by atoms with van der Waals surface area (Å²) in [7, 11) is 0. The molecule has 5 aliphatic carbocycles. The first-order valence-corrected chi connectivity index (χ1v) is 13.8. The smallest absolute Gasteiger partial charge is 0.0632 e. The van der Waals surface area contributed by atoms with E-state index in [2.05, 4.69) is 61.5 Å². The van der Waals surface area contributed by atoms with Gasteiger partial charge in [-0.05, 0) is 96.2 Å². The van der Waals surface area contributed by atoms with Gasteiger partial charge in [-0.1, -0.05) is 67.0 Å². The van der Waals surface area contributed by atoms with Gasteiger partial charge >= 0.3 is 0 Å².